The molecule has 1 aromatic carbocycles. The van der Waals surface area contributed by atoms with Gasteiger partial charge in [0.2, 0.25) is 5.91 Å². The van der Waals surface area contributed by atoms with Gasteiger partial charge >= 0.3 is 6.18 Å². The first-order chi connectivity index (χ1) is 23.4. The molecule has 2 fully saturated rings. The van der Waals surface area contributed by atoms with Crippen molar-refractivity contribution < 1.29 is 18.0 Å². The van der Waals surface area contributed by atoms with Crippen LogP contribution in [-0.2, 0) is 24.3 Å². The fraction of sp³-hybridized carbons (Fsp3) is 0.556. The summed E-state index contributed by atoms with van der Waals surface area (Å²) in [5, 5.41) is 18.1. The molecule has 0 unspecified atom stereocenters. The van der Waals surface area contributed by atoms with E-state index in [9.17, 15) is 23.2 Å². The van der Waals surface area contributed by atoms with Crippen molar-refractivity contribution in [2.45, 2.75) is 90.6 Å². The number of alkyl halides is 3. The van der Waals surface area contributed by atoms with Gasteiger partial charge in [-0.3, -0.25) is 14.6 Å². The lowest BCUT2D eigenvalue weighted by atomic mass is 9.92. The number of nitriles is 1. The van der Waals surface area contributed by atoms with Gasteiger partial charge in [-0.05, 0) is 94.8 Å². The van der Waals surface area contributed by atoms with E-state index in [1.807, 2.05) is 6.07 Å². The zero-order chi connectivity index (χ0) is 34.9. The standard InChI is InChI=1S/C36H45F3N8OS/c1-22(46-13-7-25(8-14-46)15-33(48)41-4)20-47-28(19-40)16-30-23(2)26(5-6-32(30)47)21-45-11-9-27(10-12-45)44-34-31-17-29(18-36(37,38)39)49-35(31)43-24(3)42-34/h5-6,16-17,22,25,27H,7-15,18,20-21H2,1-4H3,(H,41,48)(H,42,43,44)/t22-/m0/s1. The van der Waals surface area contributed by atoms with E-state index in [2.05, 4.69) is 67.0 Å². The predicted molar refractivity (Wildman–Crippen MR) is 188 cm³/mol. The van der Waals surface area contributed by atoms with Crippen molar-refractivity contribution in [2.75, 3.05) is 38.5 Å². The van der Waals surface area contributed by atoms with E-state index in [0.717, 1.165) is 87.2 Å². The fourth-order valence-corrected chi connectivity index (χ4v) is 8.57. The van der Waals surface area contributed by atoms with Crippen molar-refractivity contribution in [2.24, 2.45) is 5.92 Å². The van der Waals surface area contributed by atoms with E-state index in [1.165, 1.54) is 11.1 Å². The first-order valence-corrected chi connectivity index (χ1v) is 18.0. The Hall–Kier alpha value is -3.73. The van der Waals surface area contributed by atoms with Crippen LogP contribution >= 0.6 is 11.3 Å². The number of nitrogens with zero attached hydrogens (tertiary/aromatic N) is 6. The number of likely N-dealkylation sites (tertiary alicyclic amines) is 2. The molecule has 0 radical (unpaired) electrons. The molecule has 13 heteroatoms. The van der Waals surface area contributed by atoms with Gasteiger partial charge in [-0.15, -0.1) is 11.3 Å². The molecule has 9 nitrogen and oxygen atoms in total. The van der Waals surface area contributed by atoms with Crippen LogP contribution < -0.4 is 10.6 Å². The van der Waals surface area contributed by atoms with Gasteiger partial charge in [0.25, 0.3) is 0 Å². The Morgan fingerprint density at radius 3 is 2.49 bits per heavy atom. The lowest BCUT2D eigenvalue weighted by Gasteiger charge is -2.36. The third kappa shape index (κ3) is 8.19. The topological polar surface area (TPSA) is 102 Å². The Labute approximate surface area is 289 Å². The molecular formula is C36H45F3N8OS. The Morgan fingerprint density at radius 2 is 1.82 bits per heavy atom. The second-order valence-corrected chi connectivity index (χ2v) is 14.9. The molecule has 1 atom stereocenters. The Kier molecular flexibility index (Phi) is 10.5. The first-order valence-electron chi connectivity index (χ1n) is 17.2. The number of benzene rings is 1. The maximum Gasteiger partial charge on any atom is 0.393 e. The van der Waals surface area contributed by atoms with E-state index in [0.29, 0.717) is 39.9 Å². The van der Waals surface area contributed by atoms with Crippen LogP contribution in [0.4, 0.5) is 19.0 Å². The molecule has 0 bridgehead atoms. The largest absolute Gasteiger partial charge is 0.393 e. The summed E-state index contributed by atoms with van der Waals surface area (Å²) in [4.78, 5) is 26.5. The van der Waals surface area contributed by atoms with Gasteiger partial charge in [0.05, 0.1) is 11.8 Å². The molecule has 49 heavy (non-hydrogen) atoms. The summed E-state index contributed by atoms with van der Waals surface area (Å²) in [6.07, 6.45) is -0.828. The molecule has 2 N–H and O–H groups in total. The summed E-state index contributed by atoms with van der Waals surface area (Å²) in [7, 11) is 1.69. The molecule has 2 aliphatic heterocycles. The van der Waals surface area contributed by atoms with E-state index < -0.39 is 12.6 Å². The molecule has 3 aromatic heterocycles. The minimum Gasteiger partial charge on any atom is -0.367 e. The number of halogens is 3. The van der Waals surface area contributed by atoms with Crippen LogP contribution in [0.1, 0.15) is 66.6 Å². The Balaban J connectivity index is 1.07. The van der Waals surface area contributed by atoms with Crippen LogP contribution in [0.15, 0.2) is 24.3 Å². The smallest absolute Gasteiger partial charge is 0.367 e. The average molecular weight is 695 g/mol. The fourth-order valence-electron chi connectivity index (χ4n) is 7.47. The van der Waals surface area contributed by atoms with Crippen LogP contribution in [0, 0.1) is 31.1 Å². The molecule has 0 saturated carbocycles. The normalized spacial score (nSPS) is 17.8. The Morgan fingerprint density at radius 1 is 1.08 bits per heavy atom. The van der Waals surface area contributed by atoms with Crippen LogP contribution in [0.3, 0.4) is 0 Å². The summed E-state index contributed by atoms with van der Waals surface area (Å²) in [6.45, 7) is 11.4. The van der Waals surface area contributed by atoms with Gasteiger partial charge < -0.3 is 15.2 Å². The third-order valence-electron chi connectivity index (χ3n) is 10.3. The van der Waals surface area contributed by atoms with Crippen LogP contribution in [0.2, 0.25) is 0 Å². The quantitative estimate of drug-likeness (QED) is 0.194. The minimum absolute atomic E-state index is 0.111. The zero-order valence-electron chi connectivity index (χ0n) is 28.7. The number of nitrogens with one attached hydrogen (secondary N) is 2. The summed E-state index contributed by atoms with van der Waals surface area (Å²) >= 11 is 1.08. The van der Waals surface area contributed by atoms with Crippen LogP contribution in [-0.4, -0.2) is 81.7 Å². The number of carbonyl (C=O) groups is 1. The number of amides is 1. The van der Waals surface area contributed by atoms with E-state index >= 15 is 0 Å². The van der Waals surface area contributed by atoms with Gasteiger partial charge in [0.1, 0.15) is 28.2 Å². The SMILES string of the molecule is CNC(=O)CC1CCN([C@@H](C)Cn2c(C#N)cc3c(C)c(CN4CCC(Nc5nc(C)nc6sc(CC(F)(F)F)cc56)CC4)ccc32)CC1. The monoisotopic (exact) mass is 694 g/mol. The lowest BCUT2D eigenvalue weighted by molar-refractivity contribution is -0.126. The first kappa shape index (κ1) is 35.1. The van der Waals surface area contributed by atoms with Crippen molar-refractivity contribution in [1.82, 2.24) is 29.7 Å². The van der Waals surface area contributed by atoms with E-state index in [1.54, 1.807) is 20.0 Å². The van der Waals surface area contributed by atoms with Gasteiger partial charge in [-0.1, -0.05) is 6.07 Å². The number of fused-ring (bicyclic) bond motifs is 2. The predicted octanol–water partition coefficient (Wildman–Crippen LogP) is 6.55. The average Bonchev–Trinajstić information content (AvgIpc) is 3.63. The molecule has 6 rings (SSSR count). The molecule has 2 aliphatic rings. The van der Waals surface area contributed by atoms with Crippen LogP contribution in [0.5, 0.6) is 0 Å². The number of rotatable bonds is 10. The highest BCUT2D eigenvalue weighted by molar-refractivity contribution is 7.18. The van der Waals surface area contributed by atoms with Crippen molar-refractivity contribution in [3.8, 4) is 6.07 Å². The highest BCUT2D eigenvalue weighted by atomic mass is 32.1. The highest BCUT2D eigenvalue weighted by Crippen LogP contribution is 2.34. The van der Waals surface area contributed by atoms with Crippen molar-refractivity contribution in [3.05, 3.63) is 51.8 Å². The molecule has 0 spiro atoms. The highest BCUT2D eigenvalue weighted by Gasteiger charge is 2.30. The number of piperidine rings is 2. The number of aromatic nitrogens is 3. The maximum atomic E-state index is 13.0. The number of aryl methyl sites for hydroxylation is 2. The summed E-state index contributed by atoms with van der Waals surface area (Å²) in [5.41, 5.74) is 4.20. The molecule has 5 heterocycles. The molecule has 4 aromatic rings. The molecule has 1 amide bonds. The molecule has 262 valence electrons. The van der Waals surface area contributed by atoms with Gasteiger partial charge in [-0.2, -0.15) is 18.4 Å². The summed E-state index contributed by atoms with van der Waals surface area (Å²) in [6, 6.07) is 10.8. The van der Waals surface area contributed by atoms with Crippen LogP contribution in [0.25, 0.3) is 21.1 Å². The zero-order valence-corrected chi connectivity index (χ0v) is 29.5. The minimum atomic E-state index is -4.26. The summed E-state index contributed by atoms with van der Waals surface area (Å²) < 4.78 is 41.3. The van der Waals surface area contributed by atoms with Gasteiger partial charge in [0.15, 0.2) is 0 Å². The third-order valence-corrected chi connectivity index (χ3v) is 11.3. The Bertz CT molecular complexity index is 1840. The lowest BCUT2D eigenvalue weighted by Crippen LogP contribution is -2.42. The van der Waals surface area contributed by atoms with Crippen molar-refractivity contribution in [3.63, 3.8) is 0 Å². The summed E-state index contributed by atoms with van der Waals surface area (Å²) in [5.74, 6) is 1.70. The van der Waals surface area contributed by atoms with E-state index in [4.69, 9.17) is 0 Å². The molecular weight excluding hydrogens is 650 g/mol. The molecule has 2 saturated heterocycles. The number of carbonyl (C=O) groups excluding carboxylic acids is 1. The van der Waals surface area contributed by atoms with Gasteiger partial charge in [0, 0.05) is 67.5 Å². The van der Waals surface area contributed by atoms with Crippen molar-refractivity contribution >= 4 is 44.2 Å². The van der Waals surface area contributed by atoms with Crippen molar-refractivity contribution in [1.29, 1.82) is 5.26 Å². The number of hydrogen-bond acceptors (Lipinski definition) is 8. The maximum absolute atomic E-state index is 13.0. The number of anilines is 1. The second kappa shape index (κ2) is 14.6. The molecule has 0 aliphatic carbocycles. The number of hydrogen-bond donors (Lipinski definition) is 2. The van der Waals surface area contributed by atoms with Gasteiger partial charge in [-0.25, -0.2) is 9.97 Å². The van der Waals surface area contributed by atoms with E-state index in [-0.39, 0.29) is 22.9 Å². The second-order valence-electron chi connectivity index (χ2n) is 13.8. The number of thiophene rings is 1.